The molecule has 1 N–H and O–H groups in total. The smallest absolute Gasteiger partial charge is 0.0593 e. The topological polar surface area (TPSA) is 33.7 Å². The van der Waals surface area contributed by atoms with E-state index in [0.717, 1.165) is 52.3 Å². The van der Waals surface area contributed by atoms with Crippen LogP contribution in [0.3, 0.4) is 0 Å². The Bertz CT molecular complexity index is 275. The molecule has 1 aliphatic rings. The number of nitrogens with zero attached hydrogens (tertiary/aromatic N) is 1. The number of ether oxygens (including phenoxy) is 2. The molecule has 1 heterocycles. The maximum absolute atomic E-state index is 5.74. The van der Waals surface area contributed by atoms with Gasteiger partial charge in [0.2, 0.25) is 0 Å². The normalized spacial score (nSPS) is 31.6. The van der Waals surface area contributed by atoms with Crippen LogP contribution in [-0.2, 0) is 9.47 Å². The van der Waals surface area contributed by atoms with E-state index in [-0.39, 0.29) is 11.1 Å². The summed E-state index contributed by atoms with van der Waals surface area (Å²) in [6.07, 6.45) is 3.32. The van der Waals surface area contributed by atoms with Gasteiger partial charge in [-0.15, -0.1) is 0 Å². The standard InChI is InChI=1S/C16H34N2O2/c1-6-15(3)14-18(16(4,7-2)13-17-15)9-12-20-11-8-10-19-5/h17H,6-14H2,1-5H3. The molecule has 1 fully saturated rings. The zero-order valence-corrected chi connectivity index (χ0v) is 14.1. The fraction of sp³-hybridized carbons (Fsp3) is 1.00. The molecule has 120 valence electrons. The molecule has 2 atom stereocenters. The summed E-state index contributed by atoms with van der Waals surface area (Å²) in [7, 11) is 1.74. The number of nitrogens with one attached hydrogen (secondary N) is 1. The van der Waals surface area contributed by atoms with Gasteiger partial charge in [0.05, 0.1) is 6.61 Å². The van der Waals surface area contributed by atoms with E-state index in [0.29, 0.717) is 0 Å². The van der Waals surface area contributed by atoms with Crippen LogP contribution in [0.2, 0.25) is 0 Å². The summed E-state index contributed by atoms with van der Waals surface area (Å²) in [4.78, 5) is 2.61. The molecular formula is C16H34N2O2. The minimum absolute atomic E-state index is 0.241. The Morgan fingerprint density at radius 3 is 2.45 bits per heavy atom. The van der Waals surface area contributed by atoms with Crippen LogP contribution < -0.4 is 5.32 Å². The first-order valence-electron chi connectivity index (χ1n) is 8.06. The third-order valence-electron chi connectivity index (χ3n) is 4.88. The first kappa shape index (κ1) is 17.9. The molecule has 2 unspecified atom stereocenters. The lowest BCUT2D eigenvalue weighted by atomic mass is 9.86. The second kappa shape index (κ2) is 8.32. The summed E-state index contributed by atoms with van der Waals surface area (Å²) in [6.45, 7) is 14.8. The largest absolute Gasteiger partial charge is 0.385 e. The van der Waals surface area contributed by atoms with Crippen LogP contribution in [0, 0.1) is 0 Å². The molecule has 0 bridgehead atoms. The van der Waals surface area contributed by atoms with Gasteiger partial charge in [0.15, 0.2) is 0 Å². The Balaban J connectivity index is 2.41. The number of methoxy groups -OCH3 is 1. The van der Waals surface area contributed by atoms with Crippen LogP contribution >= 0.6 is 0 Å². The molecule has 4 heteroatoms. The van der Waals surface area contributed by atoms with Gasteiger partial charge in [-0.3, -0.25) is 4.90 Å². The van der Waals surface area contributed by atoms with Crippen LogP contribution in [0.5, 0.6) is 0 Å². The van der Waals surface area contributed by atoms with Crippen molar-refractivity contribution in [3.63, 3.8) is 0 Å². The van der Waals surface area contributed by atoms with Gasteiger partial charge in [-0.2, -0.15) is 0 Å². The Labute approximate surface area is 125 Å². The molecule has 0 aromatic carbocycles. The lowest BCUT2D eigenvalue weighted by Crippen LogP contribution is -2.68. The van der Waals surface area contributed by atoms with Crippen molar-refractivity contribution in [1.29, 1.82) is 0 Å². The second-order valence-corrected chi connectivity index (χ2v) is 6.50. The highest BCUT2D eigenvalue weighted by molar-refractivity contribution is 5.00. The quantitative estimate of drug-likeness (QED) is 0.659. The minimum Gasteiger partial charge on any atom is -0.385 e. The van der Waals surface area contributed by atoms with E-state index in [4.69, 9.17) is 9.47 Å². The van der Waals surface area contributed by atoms with Crippen LogP contribution in [0.4, 0.5) is 0 Å². The van der Waals surface area contributed by atoms with E-state index >= 15 is 0 Å². The summed E-state index contributed by atoms with van der Waals surface area (Å²) in [5.74, 6) is 0. The van der Waals surface area contributed by atoms with Gasteiger partial charge in [0, 0.05) is 51.0 Å². The zero-order chi connectivity index (χ0) is 15.1. The molecule has 0 saturated carbocycles. The van der Waals surface area contributed by atoms with Crippen molar-refractivity contribution in [2.75, 3.05) is 46.6 Å². The highest BCUT2D eigenvalue weighted by Crippen LogP contribution is 2.27. The summed E-state index contributed by atoms with van der Waals surface area (Å²) in [5.41, 5.74) is 0.495. The molecule has 0 aromatic heterocycles. The van der Waals surface area contributed by atoms with Crippen molar-refractivity contribution in [2.45, 2.75) is 58.0 Å². The van der Waals surface area contributed by atoms with Gasteiger partial charge < -0.3 is 14.8 Å². The minimum atomic E-state index is 0.241. The van der Waals surface area contributed by atoms with Gasteiger partial charge >= 0.3 is 0 Å². The highest BCUT2D eigenvalue weighted by atomic mass is 16.5. The van der Waals surface area contributed by atoms with Crippen molar-refractivity contribution >= 4 is 0 Å². The first-order valence-corrected chi connectivity index (χ1v) is 8.06. The highest BCUT2D eigenvalue weighted by Gasteiger charge is 2.40. The summed E-state index contributed by atoms with van der Waals surface area (Å²) in [6, 6.07) is 0. The van der Waals surface area contributed by atoms with Crippen molar-refractivity contribution in [3.05, 3.63) is 0 Å². The fourth-order valence-corrected chi connectivity index (χ4v) is 2.70. The van der Waals surface area contributed by atoms with Crippen LogP contribution in [0.1, 0.15) is 47.0 Å². The first-order chi connectivity index (χ1) is 9.49. The number of piperazine rings is 1. The molecule has 4 nitrogen and oxygen atoms in total. The van der Waals surface area contributed by atoms with Crippen LogP contribution in [-0.4, -0.2) is 62.5 Å². The molecular weight excluding hydrogens is 252 g/mol. The summed E-state index contributed by atoms with van der Waals surface area (Å²) >= 11 is 0. The molecule has 20 heavy (non-hydrogen) atoms. The maximum Gasteiger partial charge on any atom is 0.0593 e. The predicted molar refractivity (Wildman–Crippen MR) is 84.3 cm³/mol. The van der Waals surface area contributed by atoms with Crippen molar-refractivity contribution in [2.24, 2.45) is 0 Å². The van der Waals surface area contributed by atoms with Crippen molar-refractivity contribution in [3.8, 4) is 0 Å². The Morgan fingerprint density at radius 2 is 1.85 bits per heavy atom. The second-order valence-electron chi connectivity index (χ2n) is 6.50. The van der Waals surface area contributed by atoms with E-state index < -0.39 is 0 Å². The number of hydrogen-bond donors (Lipinski definition) is 1. The fourth-order valence-electron chi connectivity index (χ4n) is 2.70. The number of rotatable bonds is 9. The molecule has 0 spiro atoms. The zero-order valence-electron chi connectivity index (χ0n) is 14.1. The van der Waals surface area contributed by atoms with Gasteiger partial charge in [-0.1, -0.05) is 13.8 Å². The van der Waals surface area contributed by atoms with Crippen molar-refractivity contribution < 1.29 is 9.47 Å². The molecule has 0 amide bonds. The van der Waals surface area contributed by atoms with Crippen LogP contribution in [0.25, 0.3) is 0 Å². The van der Waals surface area contributed by atoms with E-state index in [1.807, 2.05) is 0 Å². The number of hydrogen-bond acceptors (Lipinski definition) is 4. The van der Waals surface area contributed by atoms with Crippen molar-refractivity contribution in [1.82, 2.24) is 10.2 Å². The van der Waals surface area contributed by atoms with Crippen LogP contribution in [0.15, 0.2) is 0 Å². The summed E-state index contributed by atoms with van der Waals surface area (Å²) in [5, 5.41) is 3.74. The Kier molecular flexibility index (Phi) is 7.45. The van der Waals surface area contributed by atoms with E-state index in [1.165, 1.54) is 6.42 Å². The third-order valence-corrected chi connectivity index (χ3v) is 4.88. The maximum atomic E-state index is 5.74. The lowest BCUT2D eigenvalue weighted by Gasteiger charge is -2.52. The summed E-state index contributed by atoms with van der Waals surface area (Å²) < 4.78 is 10.8. The average molecular weight is 286 g/mol. The van der Waals surface area contributed by atoms with Gasteiger partial charge in [-0.05, 0) is 33.1 Å². The SMILES string of the molecule is CCC1(C)CN(CCOCCCOC)C(C)(CC)CN1. The molecule has 1 aliphatic heterocycles. The molecule has 0 aliphatic carbocycles. The third kappa shape index (κ3) is 4.99. The Morgan fingerprint density at radius 1 is 1.10 bits per heavy atom. The van der Waals surface area contributed by atoms with Gasteiger partial charge in [0.1, 0.15) is 0 Å². The molecule has 0 radical (unpaired) electrons. The molecule has 1 saturated heterocycles. The molecule has 0 aromatic rings. The lowest BCUT2D eigenvalue weighted by molar-refractivity contribution is -0.00747. The Hall–Kier alpha value is -0.160. The van der Waals surface area contributed by atoms with E-state index in [1.54, 1.807) is 7.11 Å². The monoisotopic (exact) mass is 286 g/mol. The molecule has 1 rings (SSSR count). The van der Waals surface area contributed by atoms with Gasteiger partial charge in [0.25, 0.3) is 0 Å². The average Bonchev–Trinajstić information content (AvgIpc) is 2.46. The van der Waals surface area contributed by atoms with E-state index in [9.17, 15) is 0 Å². The predicted octanol–water partition coefficient (Wildman–Crippen LogP) is 2.28. The van der Waals surface area contributed by atoms with Gasteiger partial charge in [-0.25, -0.2) is 0 Å². The van der Waals surface area contributed by atoms with E-state index in [2.05, 4.69) is 37.9 Å².